The number of carbonyl (C=O) groups excluding carboxylic acids is 1. The van der Waals surface area contributed by atoms with Gasteiger partial charge in [0.2, 0.25) is 10.0 Å². The molecular formula is C22H21ClN2O4S. The van der Waals surface area contributed by atoms with Gasteiger partial charge in [-0.2, -0.15) is 0 Å². The van der Waals surface area contributed by atoms with Crippen molar-refractivity contribution in [2.45, 2.75) is 11.3 Å². The lowest BCUT2D eigenvalue weighted by Gasteiger charge is -2.17. The first-order chi connectivity index (χ1) is 14.3. The summed E-state index contributed by atoms with van der Waals surface area (Å²) in [5.41, 5.74) is 2.16. The first-order valence-corrected chi connectivity index (χ1v) is 11.4. The van der Waals surface area contributed by atoms with Crippen LogP contribution in [0.3, 0.4) is 0 Å². The lowest BCUT2D eigenvalue weighted by molar-refractivity contribution is 0.0999. The van der Waals surface area contributed by atoms with Crippen molar-refractivity contribution in [1.29, 1.82) is 0 Å². The molecule has 0 aromatic heterocycles. The second-order valence-electron chi connectivity index (χ2n) is 7.41. The van der Waals surface area contributed by atoms with E-state index in [2.05, 4.69) is 4.72 Å². The molecule has 2 N–H and O–H groups in total. The lowest BCUT2D eigenvalue weighted by Crippen LogP contribution is -2.32. The normalized spacial score (nSPS) is 14.5. The Kier molecular flexibility index (Phi) is 5.55. The lowest BCUT2D eigenvalue weighted by atomic mass is 10.0. The molecule has 0 fully saturated rings. The van der Waals surface area contributed by atoms with Gasteiger partial charge in [0, 0.05) is 41.6 Å². The fourth-order valence-electron chi connectivity index (χ4n) is 3.80. The van der Waals surface area contributed by atoms with E-state index in [-0.39, 0.29) is 29.9 Å². The van der Waals surface area contributed by atoms with Crippen LogP contribution in [-0.2, 0) is 16.4 Å². The van der Waals surface area contributed by atoms with E-state index in [0.29, 0.717) is 33.5 Å². The summed E-state index contributed by atoms with van der Waals surface area (Å²) in [4.78, 5) is 14.1. The van der Waals surface area contributed by atoms with Crippen LogP contribution in [-0.4, -0.2) is 39.6 Å². The maximum atomic E-state index is 13.1. The summed E-state index contributed by atoms with van der Waals surface area (Å²) in [7, 11) is -2.17. The number of aliphatic hydroxyl groups excluding tert-OH is 1. The average Bonchev–Trinajstić information content (AvgIpc) is 2.99. The number of carbonyl (C=O) groups is 1. The smallest absolute Gasteiger partial charge is 0.258 e. The molecule has 156 valence electrons. The predicted molar refractivity (Wildman–Crippen MR) is 118 cm³/mol. The van der Waals surface area contributed by atoms with Crippen LogP contribution in [0.4, 0.5) is 5.69 Å². The van der Waals surface area contributed by atoms with Gasteiger partial charge < -0.3 is 10.0 Å². The second kappa shape index (κ2) is 8.00. The van der Waals surface area contributed by atoms with Crippen molar-refractivity contribution in [2.75, 3.05) is 25.1 Å². The monoisotopic (exact) mass is 444 g/mol. The Bertz CT molecular complexity index is 1230. The number of halogens is 1. The Labute approximate surface area is 180 Å². The third kappa shape index (κ3) is 3.70. The highest BCUT2D eigenvalue weighted by Gasteiger charge is 2.30. The molecule has 6 nitrogen and oxygen atoms in total. The predicted octanol–water partition coefficient (Wildman–Crippen LogP) is 3.21. The number of hydrogen-bond acceptors (Lipinski definition) is 4. The molecule has 3 aromatic rings. The number of nitrogens with zero attached hydrogens (tertiary/aromatic N) is 1. The number of sulfonamides is 1. The van der Waals surface area contributed by atoms with E-state index in [4.69, 9.17) is 11.6 Å². The standard InChI is InChI=1S/C22H21ClN2O4S/c1-25-19-9-10-20(17-3-2-4-18(21(17)19)22(25)27)30(28,29)24-12-15(13-26)11-14-5-7-16(23)8-6-14/h2-10,15,24,26H,11-13H2,1H3. The van der Waals surface area contributed by atoms with E-state index < -0.39 is 10.0 Å². The minimum atomic E-state index is -3.84. The van der Waals surface area contributed by atoms with Crippen LogP contribution in [0, 0.1) is 5.92 Å². The Balaban J connectivity index is 1.59. The molecule has 0 radical (unpaired) electrons. The number of amides is 1. The maximum Gasteiger partial charge on any atom is 0.258 e. The molecule has 0 bridgehead atoms. The van der Waals surface area contributed by atoms with Gasteiger partial charge in [-0.25, -0.2) is 13.1 Å². The fraction of sp³-hybridized carbons (Fsp3) is 0.227. The van der Waals surface area contributed by atoms with Gasteiger partial charge >= 0.3 is 0 Å². The Morgan fingerprint density at radius 1 is 1.10 bits per heavy atom. The Morgan fingerprint density at radius 3 is 2.53 bits per heavy atom. The first-order valence-electron chi connectivity index (χ1n) is 9.50. The fourth-order valence-corrected chi connectivity index (χ4v) is 5.25. The van der Waals surface area contributed by atoms with E-state index >= 15 is 0 Å². The van der Waals surface area contributed by atoms with Crippen LogP contribution in [0.15, 0.2) is 59.5 Å². The Morgan fingerprint density at radius 2 is 1.83 bits per heavy atom. The largest absolute Gasteiger partial charge is 0.396 e. The van der Waals surface area contributed by atoms with E-state index in [1.807, 2.05) is 12.1 Å². The zero-order valence-electron chi connectivity index (χ0n) is 16.3. The second-order valence-corrected chi connectivity index (χ2v) is 9.58. The van der Waals surface area contributed by atoms with E-state index in [9.17, 15) is 18.3 Å². The minimum absolute atomic E-state index is 0.0865. The number of nitrogens with one attached hydrogen (secondary N) is 1. The van der Waals surface area contributed by atoms with E-state index in [1.54, 1.807) is 43.4 Å². The molecule has 0 saturated carbocycles. The first kappa shape index (κ1) is 20.8. The topological polar surface area (TPSA) is 86.7 Å². The van der Waals surface area contributed by atoms with Gasteiger partial charge in [0.05, 0.1) is 10.6 Å². The molecule has 4 rings (SSSR count). The van der Waals surface area contributed by atoms with Crippen molar-refractivity contribution >= 4 is 44.0 Å². The number of anilines is 1. The van der Waals surface area contributed by atoms with Gasteiger partial charge in [0.1, 0.15) is 0 Å². The van der Waals surface area contributed by atoms with E-state index in [0.717, 1.165) is 5.56 Å². The highest BCUT2D eigenvalue weighted by molar-refractivity contribution is 7.89. The highest BCUT2D eigenvalue weighted by Crippen LogP contribution is 2.39. The maximum absolute atomic E-state index is 13.1. The molecule has 1 amide bonds. The molecule has 1 atom stereocenters. The summed E-state index contributed by atoms with van der Waals surface area (Å²) in [6.07, 6.45) is 0.513. The summed E-state index contributed by atoms with van der Waals surface area (Å²) in [6.45, 7) is -0.0719. The van der Waals surface area contributed by atoms with Crippen molar-refractivity contribution in [3.63, 3.8) is 0 Å². The molecule has 1 aliphatic heterocycles. The van der Waals surface area contributed by atoms with Crippen LogP contribution < -0.4 is 9.62 Å². The molecule has 0 saturated heterocycles. The van der Waals surface area contributed by atoms with Crippen molar-refractivity contribution in [3.05, 3.63) is 70.7 Å². The van der Waals surface area contributed by atoms with Gasteiger partial charge in [-0.3, -0.25) is 4.79 Å². The molecule has 1 heterocycles. The van der Waals surface area contributed by atoms with Gasteiger partial charge in [-0.1, -0.05) is 35.9 Å². The van der Waals surface area contributed by atoms with Gasteiger partial charge in [-0.15, -0.1) is 0 Å². The number of aliphatic hydroxyl groups is 1. The third-order valence-corrected chi connectivity index (χ3v) is 7.16. The van der Waals surface area contributed by atoms with Crippen molar-refractivity contribution in [1.82, 2.24) is 4.72 Å². The molecule has 3 aromatic carbocycles. The molecular weight excluding hydrogens is 424 g/mol. The summed E-state index contributed by atoms with van der Waals surface area (Å²) in [5.74, 6) is -0.438. The highest BCUT2D eigenvalue weighted by atomic mass is 35.5. The molecule has 1 unspecified atom stereocenters. The zero-order valence-corrected chi connectivity index (χ0v) is 17.9. The van der Waals surface area contributed by atoms with Gasteiger partial charge in [-0.05, 0) is 48.2 Å². The van der Waals surface area contributed by atoms with Gasteiger partial charge in [0.15, 0.2) is 0 Å². The van der Waals surface area contributed by atoms with Crippen LogP contribution in [0.2, 0.25) is 5.02 Å². The van der Waals surface area contributed by atoms with Crippen LogP contribution >= 0.6 is 11.6 Å². The quantitative estimate of drug-likeness (QED) is 0.585. The minimum Gasteiger partial charge on any atom is -0.396 e. The molecule has 0 spiro atoms. The van der Waals surface area contributed by atoms with Crippen molar-refractivity contribution in [3.8, 4) is 0 Å². The molecule has 8 heteroatoms. The molecule has 1 aliphatic rings. The number of benzene rings is 3. The molecule has 30 heavy (non-hydrogen) atoms. The average molecular weight is 445 g/mol. The third-order valence-electron chi connectivity index (χ3n) is 5.42. The number of hydrogen-bond donors (Lipinski definition) is 2. The number of rotatable bonds is 7. The molecule has 0 aliphatic carbocycles. The van der Waals surface area contributed by atoms with Crippen molar-refractivity contribution in [2.24, 2.45) is 5.92 Å². The van der Waals surface area contributed by atoms with E-state index in [1.165, 1.54) is 11.0 Å². The van der Waals surface area contributed by atoms with Crippen molar-refractivity contribution < 1.29 is 18.3 Å². The van der Waals surface area contributed by atoms with Gasteiger partial charge in [0.25, 0.3) is 5.91 Å². The zero-order chi connectivity index (χ0) is 21.5. The summed E-state index contributed by atoms with van der Waals surface area (Å²) < 4.78 is 28.7. The van der Waals surface area contributed by atoms with Crippen LogP contribution in [0.25, 0.3) is 10.8 Å². The summed E-state index contributed by atoms with van der Waals surface area (Å²) in [5, 5.41) is 11.5. The summed E-state index contributed by atoms with van der Waals surface area (Å²) in [6, 6.07) is 15.5. The van der Waals surface area contributed by atoms with Crippen LogP contribution in [0.5, 0.6) is 0 Å². The van der Waals surface area contributed by atoms with Crippen LogP contribution in [0.1, 0.15) is 15.9 Å². The summed E-state index contributed by atoms with van der Waals surface area (Å²) >= 11 is 5.90. The Hall–Kier alpha value is -2.45. The SMILES string of the molecule is CN1C(=O)c2cccc3c(S(=O)(=O)NCC(CO)Cc4ccc(Cl)cc4)ccc1c23.